The third-order valence-corrected chi connectivity index (χ3v) is 3.43. The van der Waals surface area contributed by atoms with E-state index in [1.165, 1.54) is 30.3 Å². The van der Waals surface area contributed by atoms with E-state index in [9.17, 15) is 19.7 Å². The van der Waals surface area contributed by atoms with Gasteiger partial charge in [-0.25, -0.2) is 5.43 Å². The molecule has 2 amide bonds. The molecule has 0 spiro atoms. The van der Waals surface area contributed by atoms with Crippen molar-refractivity contribution >= 4 is 52.6 Å². The maximum absolute atomic E-state index is 11.7. The number of hydrogen-bond donors (Lipinski definition) is 2. The van der Waals surface area contributed by atoms with Gasteiger partial charge in [0.2, 0.25) is 0 Å². The molecular formula is C15H10Cl2N4O4. The topological polar surface area (TPSA) is 114 Å². The average Bonchev–Trinajstić information content (AvgIpc) is 2.58. The summed E-state index contributed by atoms with van der Waals surface area (Å²) < 4.78 is 0. The third kappa shape index (κ3) is 5.27. The molecule has 2 N–H and O–H groups in total. The van der Waals surface area contributed by atoms with E-state index >= 15 is 0 Å². The van der Waals surface area contributed by atoms with Crippen LogP contribution in [0.25, 0.3) is 0 Å². The summed E-state index contributed by atoms with van der Waals surface area (Å²) in [5.41, 5.74) is 2.44. The molecule has 0 unspecified atom stereocenters. The van der Waals surface area contributed by atoms with Crippen LogP contribution in [-0.4, -0.2) is 23.0 Å². The van der Waals surface area contributed by atoms with Crippen molar-refractivity contribution in [2.75, 3.05) is 5.32 Å². The Morgan fingerprint density at radius 1 is 1.08 bits per heavy atom. The number of nitrogens with one attached hydrogen (secondary N) is 2. The Kier molecular flexibility index (Phi) is 6.04. The Hall–Kier alpha value is -2.97. The summed E-state index contributed by atoms with van der Waals surface area (Å²) >= 11 is 11.4. The molecule has 25 heavy (non-hydrogen) atoms. The maximum atomic E-state index is 11.7. The Labute approximate surface area is 151 Å². The Morgan fingerprint density at radius 3 is 2.40 bits per heavy atom. The van der Waals surface area contributed by atoms with E-state index in [2.05, 4.69) is 10.4 Å². The Morgan fingerprint density at radius 2 is 1.76 bits per heavy atom. The van der Waals surface area contributed by atoms with Gasteiger partial charge in [-0.3, -0.25) is 19.7 Å². The standard InChI is InChI=1S/C15H10Cl2N4O4/c16-10-2-4-11(5-3-10)19-14(22)15(23)20-18-8-9-1-6-12(17)13(7-9)21(24)25/h1-8H,(H,19,22)(H,20,23). The van der Waals surface area contributed by atoms with Crippen LogP contribution in [0.5, 0.6) is 0 Å². The van der Waals surface area contributed by atoms with Crippen molar-refractivity contribution in [3.8, 4) is 0 Å². The minimum atomic E-state index is -1.00. The van der Waals surface area contributed by atoms with Crippen molar-refractivity contribution in [2.24, 2.45) is 5.10 Å². The first-order chi connectivity index (χ1) is 11.9. The normalized spacial score (nSPS) is 10.5. The molecule has 0 aromatic heterocycles. The molecule has 8 nitrogen and oxygen atoms in total. The summed E-state index contributed by atoms with van der Waals surface area (Å²) in [5.74, 6) is -1.93. The van der Waals surface area contributed by atoms with Crippen LogP contribution in [0.1, 0.15) is 5.56 Å². The van der Waals surface area contributed by atoms with Gasteiger partial charge in [0, 0.05) is 22.3 Å². The first kappa shape index (κ1) is 18.4. The lowest BCUT2D eigenvalue weighted by atomic mass is 10.2. The van der Waals surface area contributed by atoms with Crippen molar-refractivity contribution in [1.29, 1.82) is 0 Å². The highest BCUT2D eigenvalue weighted by Crippen LogP contribution is 2.24. The third-order valence-electron chi connectivity index (χ3n) is 2.85. The number of hydrazone groups is 1. The number of nitro groups is 1. The van der Waals surface area contributed by atoms with E-state index in [-0.39, 0.29) is 10.7 Å². The molecule has 0 bridgehead atoms. The number of nitro benzene ring substituents is 1. The van der Waals surface area contributed by atoms with Crippen molar-refractivity contribution in [3.05, 3.63) is 68.2 Å². The van der Waals surface area contributed by atoms with E-state index in [1.54, 1.807) is 12.1 Å². The Bertz CT molecular complexity index is 853. The van der Waals surface area contributed by atoms with Gasteiger partial charge in [0.1, 0.15) is 5.02 Å². The van der Waals surface area contributed by atoms with Gasteiger partial charge in [-0.15, -0.1) is 0 Å². The van der Waals surface area contributed by atoms with Crippen LogP contribution in [0.4, 0.5) is 11.4 Å². The van der Waals surface area contributed by atoms with E-state index in [4.69, 9.17) is 23.2 Å². The van der Waals surface area contributed by atoms with Gasteiger partial charge in [-0.05, 0) is 30.3 Å². The number of hydrogen-bond acceptors (Lipinski definition) is 5. The van der Waals surface area contributed by atoms with Gasteiger partial charge in [0.25, 0.3) is 5.69 Å². The second kappa shape index (κ2) is 8.22. The fraction of sp³-hybridized carbons (Fsp3) is 0. The SMILES string of the molecule is O=C(NN=Cc1ccc(Cl)c([N+](=O)[O-])c1)C(=O)Nc1ccc(Cl)cc1. The van der Waals surface area contributed by atoms with Crippen molar-refractivity contribution < 1.29 is 14.5 Å². The molecule has 0 atom stereocenters. The molecule has 0 saturated heterocycles. The number of amides is 2. The number of anilines is 1. The molecule has 128 valence electrons. The van der Waals surface area contributed by atoms with Gasteiger partial charge in [-0.2, -0.15) is 5.10 Å². The van der Waals surface area contributed by atoms with Crippen LogP contribution < -0.4 is 10.7 Å². The lowest BCUT2D eigenvalue weighted by Gasteiger charge is -2.03. The lowest BCUT2D eigenvalue weighted by Crippen LogP contribution is -2.32. The van der Waals surface area contributed by atoms with Crippen LogP contribution in [-0.2, 0) is 9.59 Å². The van der Waals surface area contributed by atoms with Crippen LogP contribution >= 0.6 is 23.2 Å². The number of halogens is 2. The van der Waals surface area contributed by atoms with E-state index in [0.29, 0.717) is 16.3 Å². The van der Waals surface area contributed by atoms with Crippen molar-refractivity contribution in [3.63, 3.8) is 0 Å². The van der Waals surface area contributed by atoms with Gasteiger partial charge in [0.15, 0.2) is 0 Å². The summed E-state index contributed by atoms with van der Waals surface area (Å²) in [6, 6.07) is 10.2. The molecule has 0 fully saturated rings. The highest BCUT2D eigenvalue weighted by atomic mass is 35.5. The van der Waals surface area contributed by atoms with Crippen LogP contribution in [0.2, 0.25) is 10.0 Å². The number of carbonyl (C=O) groups excluding carboxylic acids is 2. The van der Waals surface area contributed by atoms with E-state index < -0.39 is 16.7 Å². The summed E-state index contributed by atoms with van der Waals surface area (Å²) in [4.78, 5) is 33.5. The monoisotopic (exact) mass is 380 g/mol. The zero-order valence-corrected chi connectivity index (χ0v) is 13.9. The quantitative estimate of drug-likeness (QED) is 0.367. The summed E-state index contributed by atoms with van der Waals surface area (Å²) in [6.07, 6.45) is 1.15. The number of nitrogens with zero attached hydrogens (tertiary/aromatic N) is 2. The lowest BCUT2D eigenvalue weighted by molar-refractivity contribution is -0.384. The number of benzene rings is 2. The highest BCUT2D eigenvalue weighted by Gasteiger charge is 2.14. The zero-order valence-electron chi connectivity index (χ0n) is 12.4. The van der Waals surface area contributed by atoms with Gasteiger partial charge in [0.05, 0.1) is 11.1 Å². The van der Waals surface area contributed by atoms with Crippen LogP contribution in [0, 0.1) is 10.1 Å². The van der Waals surface area contributed by atoms with Crippen LogP contribution in [0.15, 0.2) is 47.6 Å². The molecule has 0 aliphatic carbocycles. The molecule has 2 rings (SSSR count). The van der Waals surface area contributed by atoms with E-state index in [0.717, 1.165) is 6.21 Å². The summed E-state index contributed by atoms with van der Waals surface area (Å²) in [5, 5.41) is 17.2. The minimum Gasteiger partial charge on any atom is -0.318 e. The second-order valence-electron chi connectivity index (χ2n) is 4.63. The van der Waals surface area contributed by atoms with Gasteiger partial charge >= 0.3 is 11.8 Å². The zero-order chi connectivity index (χ0) is 18.4. The fourth-order valence-corrected chi connectivity index (χ4v) is 2.00. The maximum Gasteiger partial charge on any atom is 0.329 e. The molecule has 0 radical (unpaired) electrons. The first-order valence-corrected chi connectivity index (χ1v) is 7.46. The molecule has 0 heterocycles. The van der Waals surface area contributed by atoms with E-state index in [1.807, 2.05) is 5.43 Å². The number of rotatable bonds is 4. The molecule has 10 heteroatoms. The second-order valence-corrected chi connectivity index (χ2v) is 5.47. The summed E-state index contributed by atoms with van der Waals surface area (Å²) in [7, 11) is 0. The molecule has 0 aliphatic rings. The smallest absolute Gasteiger partial charge is 0.318 e. The average molecular weight is 381 g/mol. The van der Waals surface area contributed by atoms with Crippen LogP contribution in [0.3, 0.4) is 0 Å². The number of carbonyl (C=O) groups is 2. The fourth-order valence-electron chi connectivity index (χ4n) is 1.69. The summed E-state index contributed by atoms with van der Waals surface area (Å²) in [6.45, 7) is 0. The molecule has 2 aromatic rings. The van der Waals surface area contributed by atoms with Crippen molar-refractivity contribution in [1.82, 2.24) is 5.43 Å². The molecule has 0 aliphatic heterocycles. The molecule has 2 aromatic carbocycles. The predicted molar refractivity (Wildman–Crippen MR) is 93.9 cm³/mol. The van der Waals surface area contributed by atoms with Crippen molar-refractivity contribution in [2.45, 2.75) is 0 Å². The first-order valence-electron chi connectivity index (χ1n) is 6.70. The molecular weight excluding hydrogens is 371 g/mol. The van der Waals surface area contributed by atoms with Gasteiger partial charge in [-0.1, -0.05) is 29.3 Å². The predicted octanol–water partition coefficient (Wildman–Crippen LogP) is 2.99. The minimum absolute atomic E-state index is 0.0199. The largest absolute Gasteiger partial charge is 0.329 e. The highest BCUT2D eigenvalue weighted by molar-refractivity contribution is 6.39. The molecule has 0 saturated carbocycles. The Balaban J connectivity index is 1.95. The van der Waals surface area contributed by atoms with Gasteiger partial charge < -0.3 is 5.32 Å².